The second-order valence-electron chi connectivity index (χ2n) is 6.40. The first-order valence-electron chi connectivity index (χ1n) is 9.09. The van der Waals surface area contributed by atoms with Crippen molar-refractivity contribution in [1.82, 2.24) is 9.55 Å². The summed E-state index contributed by atoms with van der Waals surface area (Å²) in [6.45, 7) is 0. The van der Waals surface area contributed by atoms with E-state index >= 15 is 0 Å². The number of hydrogen-bond acceptors (Lipinski definition) is 2. The predicted octanol–water partition coefficient (Wildman–Crippen LogP) is 6.50. The van der Waals surface area contributed by atoms with Crippen molar-refractivity contribution < 1.29 is 4.21 Å². The second kappa shape index (κ2) is 10.8. The normalized spacial score (nSPS) is 11.1. The Labute approximate surface area is 192 Å². The molecule has 0 N–H and O–H groups in total. The Morgan fingerprint density at radius 1 is 0.767 bits per heavy atom. The van der Waals surface area contributed by atoms with Crippen molar-refractivity contribution in [3.8, 4) is 0 Å². The zero-order valence-corrected chi connectivity index (χ0v) is 19.0. The molecule has 0 aliphatic carbocycles. The molecule has 1 aromatic heterocycles. The van der Waals surface area contributed by atoms with Crippen LogP contribution >= 0.6 is 33.0 Å². The summed E-state index contributed by atoms with van der Waals surface area (Å²) in [5, 5.41) is 0. The maximum absolute atomic E-state index is 9.09. The van der Waals surface area contributed by atoms with Crippen LogP contribution < -0.4 is 0 Å². The van der Waals surface area contributed by atoms with Crippen LogP contribution in [0.2, 0.25) is 0 Å². The minimum Gasteiger partial charge on any atom is -0.319 e. The fourth-order valence-electron chi connectivity index (χ4n) is 3.60. The molecular formula is C23H19Cl3N2OS. The van der Waals surface area contributed by atoms with Gasteiger partial charge >= 0.3 is 0 Å². The average molecular weight is 478 g/mol. The molecule has 0 amide bonds. The maximum Gasteiger partial charge on any atom is 0.211 e. The summed E-state index contributed by atoms with van der Waals surface area (Å²) in [6, 6.07) is 31.6. The number of rotatable bonds is 5. The van der Waals surface area contributed by atoms with E-state index in [2.05, 4.69) is 104 Å². The molecule has 30 heavy (non-hydrogen) atoms. The first-order valence-corrected chi connectivity index (χ1v) is 12.4. The number of halogens is 3. The van der Waals surface area contributed by atoms with Crippen LogP contribution in [0.4, 0.5) is 0 Å². The quantitative estimate of drug-likeness (QED) is 0.187. The molecule has 0 bridgehead atoms. The Hall–Kier alpha value is -2.11. The SMILES string of the molecule is ClCc1cn(C(c2ccccc2)(c2ccccc2)c2ccccc2)cn1.O=S(Cl)Cl. The number of nitrogens with zero attached hydrogens (tertiary/aromatic N) is 2. The molecule has 0 aliphatic rings. The minimum absolute atomic E-state index is 0.390. The summed E-state index contributed by atoms with van der Waals surface area (Å²) in [7, 11) is 7.36. The molecule has 4 aromatic rings. The standard InChI is InChI=1S/C23H19ClN2.Cl2OS/c24-16-22-17-26(18-25-22)23(19-10-4-1-5-11-19,20-12-6-2-7-13-20)21-14-8-3-9-15-21;1-4(2)3/h1-15,17-18H,16H2;. The fraction of sp³-hybridized carbons (Fsp3) is 0.0870. The Kier molecular flexibility index (Phi) is 8.11. The first kappa shape index (κ1) is 22.6. The zero-order valence-electron chi connectivity index (χ0n) is 15.9. The lowest BCUT2D eigenvalue weighted by Crippen LogP contribution is -2.36. The molecule has 154 valence electrons. The van der Waals surface area contributed by atoms with Crippen LogP contribution in [0.1, 0.15) is 22.4 Å². The fourth-order valence-corrected chi connectivity index (χ4v) is 3.74. The molecule has 0 aliphatic heterocycles. The molecule has 7 heteroatoms. The summed E-state index contributed by atoms with van der Waals surface area (Å²) in [5.74, 6) is 0.390. The van der Waals surface area contributed by atoms with Crippen LogP contribution in [0.15, 0.2) is 104 Å². The molecule has 0 spiro atoms. The summed E-state index contributed by atoms with van der Waals surface area (Å²) < 4.78 is 11.3. The molecule has 3 aromatic carbocycles. The van der Waals surface area contributed by atoms with Crippen molar-refractivity contribution in [1.29, 1.82) is 0 Å². The highest BCUT2D eigenvalue weighted by Gasteiger charge is 2.38. The van der Waals surface area contributed by atoms with Crippen LogP contribution in [0, 0.1) is 0 Å². The molecule has 0 saturated carbocycles. The minimum atomic E-state index is -1.67. The van der Waals surface area contributed by atoms with Gasteiger partial charge in [-0.15, -0.1) is 11.6 Å². The third-order valence-electron chi connectivity index (χ3n) is 4.73. The highest BCUT2D eigenvalue weighted by Crippen LogP contribution is 2.40. The van der Waals surface area contributed by atoms with Gasteiger partial charge in [-0.1, -0.05) is 91.0 Å². The van der Waals surface area contributed by atoms with Crippen molar-refractivity contribution in [2.45, 2.75) is 11.4 Å². The van der Waals surface area contributed by atoms with Crippen LogP contribution in [0.3, 0.4) is 0 Å². The van der Waals surface area contributed by atoms with Gasteiger partial charge in [-0.2, -0.15) is 0 Å². The number of imidazole rings is 1. The van der Waals surface area contributed by atoms with E-state index in [0.717, 1.165) is 5.69 Å². The Balaban J connectivity index is 0.000000589. The van der Waals surface area contributed by atoms with Crippen LogP contribution in [0.5, 0.6) is 0 Å². The van der Waals surface area contributed by atoms with E-state index in [1.807, 2.05) is 30.7 Å². The van der Waals surface area contributed by atoms with Gasteiger partial charge in [0.1, 0.15) is 5.54 Å². The average Bonchev–Trinajstić information content (AvgIpc) is 3.26. The smallest absolute Gasteiger partial charge is 0.211 e. The number of hydrogen-bond donors (Lipinski definition) is 0. The number of alkyl halides is 1. The second-order valence-corrected chi connectivity index (χ2v) is 9.19. The van der Waals surface area contributed by atoms with Crippen molar-refractivity contribution in [2.75, 3.05) is 0 Å². The molecule has 0 unspecified atom stereocenters. The summed E-state index contributed by atoms with van der Waals surface area (Å²) >= 11 is 6.05. The molecule has 3 nitrogen and oxygen atoms in total. The number of benzene rings is 3. The van der Waals surface area contributed by atoms with E-state index in [1.165, 1.54) is 16.7 Å². The van der Waals surface area contributed by atoms with Gasteiger partial charge < -0.3 is 4.57 Å². The molecule has 0 fully saturated rings. The van der Waals surface area contributed by atoms with Gasteiger partial charge in [-0.25, -0.2) is 9.19 Å². The van der Waals surface area contributed by atoms with Crippen LogP contribution in [0.25, 0.3) is 0 Å². The highest BCUT2D eigenvalue weighted by molar-refractivity contribution is 8.26. The zero-order chi connectivity index (χ0) is 21.4. The van der Waals surface area contributed by atoms with E-state index < -0.39 is 14.8 Å². The van der Waals surface area contributed by atoms with E-state index in [9.17, 15) is 0 Å². The van der Waals surface area contributed by atoms with Gasteiger partial charge in [0.2, 0.25) is 9.23 Å². The van der Waals surface area contributed by atoms with Gasteiger partial charge in [0, 0.05) is 27.6 Å². The third kappa shape index (κ3) is 4.96. The molecule has 0 saturated heterocycles. The maximum atomic E-state index is 9.09. The van der Waals surface area contributed by atoms with E-state index in [-0.39, 0.29) is 0 Å². The Morgan fingerprint density at radius 3 is 1.43 bits per heavy atom. The number of aromatic nitrogens is 2. The lowest BCUT2D eigenvalue weighted by atomic mass is 9.77. The Morgan fingerprint density at radius 2 is 1.13 bits per heavy atom. The summed E-state index contributed by atoms with van der Waals surface area (Å²) in [5.41, 5.74) is 3.88. The lowest BCUT2D eigenvalue weighted by Gasteiger charge is -2.37. The van der Waals surface area contributed by atoms with Gasteiger partial charge in [0.25, 0.3) is 0 Å². The molecule has 4 rings (SSSR count). The van der Waals surface area contributed by atoms with Crippen molar-refractivity contribution >= 4 is 42.2 Å². The largest absolute Gasteiger partial charge is 0.319 e. The molecule has 1 heterocycles. The Bertz CT molecular complexity index is 973. The third-order valence-corrected chi connectivity index (χ3v) is 5.01. The van der Waals surface area contributed by atoms with Crippen LogP contribution in [-0.4, -0.2) is 13.8 Å². The molecule has 0 atom stereocenters. The topological polar surface area (TPSA) is 34.9 Å². The van der Waals surface area contributed by atoms with E-state index in [1.54, 1.807) is 0 Å². The van der Waals surface area contributed by atoms with Crippen molar-refractivity contribution in [3.63, 3.8) is 0 Å². The van der Waals surface area contributed by atoms with Crippen LogP contribution in [-0.2, 0) is 20.6 Å². The van der Waals surface area contributed by atoms with Crippen molar-refractivity contribution in [3.05, 3.63) is 126 Å². The van der Waals surface area contributed by atoms with E-state index in [4.69, 9.17) is 15.8 Å². The molecular weight excluding hydrogens is 459 g/mol. The highest BCUT2D eigenvalue weighted by atomic mass is 36.0. The van der Waals surface area contributed by atoms with E-state index in [0.29, 0.717) is 5.88 Å². The summed E-state index contributed by atoms with van der Waals surface area (Å²) in [6.07, 6.45) is 3.92. The lowest BCUT2D eigenvalue weighted by molar-refractivity contribution is 0.514. The van der Waals surface area contributed by atoms with Gasteiger partial charge in [-0.05, 0) is 16.7 Å². The van der Waals surface area contributed by atoms with Gasteiger partial charge in [0.05, 0.1) is 17.9 Å². The predicted molar refractivity (Wildman–Crippen MR) is 126 cm³/mol. The summed E-state index contributed by atoms with van der Waals surface area (Å²) in [4.78, 5) is 4.51. The monoisotopic (exact) mass is 476 g/mol. The van der Waals surface area contributed by atoms with Crippen molar-refractivity contribution in [2.24, 2.45) is 0 Å². The first-order chi connectivity index (χ1) is 14.6. The molecule has 0 radical (unpaired) electrons. The van der Waals surface area contributed by atoms with Gasteiger partial charge in [0.15, 0.2) is 0 Å². The van der Waals surface area contributed by atoms with Gasteiger partial charge in [-0.3, -0.25) is 0 Å².